The third-order valence-corrected chi connectivity index (χ3v) is 4.31. The van der Waals surface area contributed by atoms with Crippen molar-refractivity contribution < 1.29 is 4.74 Å². The van der Waals surface area contributed by atoms with Crippen molar-refractivity contribution in [3.63, 3.8) is 0 Å². The lowest BCUT2D eigenvalue weighted by Crippen LogP contribution is -1.94. The molecule has 1 heterocycles. The number of benzene rings is 2. The van der Waals surface area contributed by atoms with E-state index >= 15 is 0 Å². The van der Waals surface area contributed by atoms with Crippen molar-refractivity contribution in [2.75, 3.05) is 0 Å². The first-order chi connectivity index (χ1) is 8.81. The van der Waals surface area contributed by atoms with Crippen molar-refractivity contribution >= 4 is 37.4 Å². The Kier molecular flexibility index (Phi) is 3.35. The van der Waals surface area contributed by atoms with Crippen LogP contribution >= 0.6 is 27.3 Å². The summed E-state index contributed by atoms with van der Waals surface area (Å²) in [4.78, 5) is 0. The van der Waals surface area contributed by atoms with E-state index in [2.05, 4.69) is 46.3 Å². The van der Waals surface area contributed by atoms with Gasteiger partial charge in [0.1, 0.15) is 12.4 Å². The van der Waals surface area contributed by atoms with E-state index < -0.39 is 0 Å². The molecule has 0 aliphatic heterocycles. The van der Waals surface area contributed by atoms with E-state index in [1.165, 1.54) is 15.6 Å². The van der Waals surface area contributed by atoms with Crippen LogP contribution < -0.4 is 4.74 Å². The lowest BCUT2D eigenvalue weighted by molar-refractivity contribution is 0.306. The first-order valence-corrected chi connectivity index (χ1v) is 7.28. The van der Waals surface area contributed by atoms with Crippen LogP contribution in [0.3, 0.4) is 0 Å². The summed E-state index contributed by atoms with van der Waals surface area (Å²) in [5.41, 5.74) is 1.19. The Bertz CT molecular complexity index is 661. The lowest BCUT2D eigenvalue weighted by Gasteiger charge is -2.06. The first-order valence-electron chi connectivity index (χ1n) is 5.67. The second kappa shape index (κ2) is 5.12. The molecule has 1 aromatic heterocycles. The van der Waals surface area contributed by atoms with Crippen LogP contribution in [0, 0.1) is 0 Å². The molecule has 0 N–H and O–H groups in total. The van der Waals surface area contributed by atoms with E-state index in [-0.39, 0.29) is 0 Å². The molecular weight excluding hydrogens is 308 g/mol. The summed E-state index contributed by atoms with van der Waals surface area (Å²) in [6, 6.07) is 18.5. The number of halogens is 1. The Balaban J connectivity index is 1.78. The molecule has 0 unspecified atom stereocenters. The number of fused-ring (bicyclic) bond motifs is 1. The highest BCUT2D eigenvalue weighted by molar-refractivity contribution is 9.11. The van der Waals surface area contributed by atoms with E-state index in [4.69, 9.17) is 4.74 Å². The van der Waals surface area contributed by atoms with Gasteiger partial charge in [-0.25, -0.2) is 0 Å². The average molecular weight is 319 g/mol. The minimum absolute atomic E-state index is 0.610. The summed E-state index contributed by atoms with van der Waals surface area (Å²) >= 11 is 5.23. The maximum Gasteiger partial charge on any atom is 0.121 e. The Hall–Kier alpha value is -1.32. The predicted octanol–water partition coefficient (Wildman–Crippen LogP) is 5.24. The molecule has 3 aromatic rings. The molecule has 2 aromatic carbocycles. The summed E-state index contributed by atoms with van der Waals surface area (Å²) in [7, 11) is 0. The van der Waals surface area contributed by atoms with Gasteiger partial charge in [0.25, 0.3) is 0 Å². The fraction of sp³-hybridized carbons (Fsp3) is 0.0667. The van der Waals surface area contributed by atoms with Crippen LogP contribution in [0.15, 0.2) is 58.4 Å². The van der Waals surface area contributed by atoms with Crippen molar-refractivity contribution in [2.24, 2.45) is 0 Å². The molecule has 0 bridgehead atoms. The van der Waals surface area contributed by atoms with Crippen molar-refractivity contribution in [1.82, 2.24) is 0 Å². The van der Waals surface area contributed by atoms with Gasteiger partial charge in [-0.3, -0.25) is 0 Å². The molecule has 3 rings (SSSR count). The van der Waals surface area contributed by atoms with E-state index in [0.29, 0.717) is 6.61 Å². The van der Waals surface area contributed by atoms with Crippen LogP contribution in [0.4, 0.5) is 0 Å². The third kappa shape index (κ3) is 2.57. The van der Waals surface area contributed by atoms with Gasteiger partial charge in [-0.2, -0.15) is 0 Å². The van der Waals surface area contributed by atoms with E-state index in [1.54, 1.807) is 11.3 Å². The van der Waals surface area contributed by atoms with Crippen LogP contribution in [0.1, 0.15) is 5.56 Å². The second-order valence-corrected chi connectivity index (χ2v) is 6.49. The summed E-state index contributed by atoms with van der Waals surface area (Å²) in [5, 5.41) is 1.25. The largest absolute Gasteiger partial charge is 0.489 e. The Morgan fingerprint density at radius 2 is 1.83 bits per heavy atom. The second-order valence-electron chi connectivity index (χ2n) is 4.02. The van der Waals surface area contributed by atoms with Crippen LogP contribution in [-0.4, -0.2) is 0 Å². The van der Waals surface area contributed by atoms with Gasteiger partial charge in [-0.05, 0) is 51.1 Å². The van der Waals surface area contributed by atoms with Gasteiger partial charge in [-0.15, -0.1) is 11.3 Å². The summed E-state index contributed by atoms with van der Waals surface area (Å²) in [5.74, 6) is 0.917. The van der Waals surface area contributed by atoms with E-state index in [0.717, 1.165) is 9.54 Å². The van der Waals surface area contributed by atoms with Crippen LogP contribution in [0.5, 0.6) is 5.75 Å². The van der Waals surface area contributed by atoms with Gasteiger partial charge < -0.3 is 4.74 Å². The van der Waals surface area contributed by atoms with Crippen molar-refractivity contribution in [2.45, 2.75) is 6.61 Å². The molecule has 0 saturated carbocycles. The summed E-state index contributed by atoms with van der Waals surface area (Å²) in [6.07, 6.45) is 0. The molecule has 0 fully saturated rings. The highest BCUT2D eigenvalue weighted by Crippen LogP contribution is 2.32. The summed E-state index contributed by atoms with van der Waals surface area (Å²) in [6.45, 7) is 0.610. The van der Waals surface area contributed by atoms with Crippen LogP contribution in [0.25, 0.3) is 10.1 Å². The highest BCUT2D eigenvalue weighted by atomic mass is 79.9. The molecule has 0 aliphatic rings. The van der Waals surface area contributed by atoms with Gasteiger partial charge in [0.15, 0.2) is 0 Å². The monoisotopic (exact) mass is 318 g/mol. The minimum atomic E-state index is 0.610. The topological polar surface area (TPSA) is 9.23 Å². The SMILES string of the molecule is Brc1cc2ccc(OCc3ccccc3)cc2s1. The molecule has 0 spiro atoms. The molecule has 0 aliphatic carbocycles. The maximum absolute atomic E-state index is 5.80. The van der Waals surface area contributed by atoms with Gasteiger partial charge in [0, 0.05) is 4.70 Å². The molecule has 0 saturated heterocycles. The van der Waals surface area contributed by atoms with Crippen LogP contribution in [-0.2, 0) is 6.61 Å². The molecule has 0 amide bonds. The zero-order chi connectivity index (χ0) is 12.4. The number of hydrogen-bond acceptors (Lipinski definition) is 2. The van der Waals surface area contributed by atoms with Crippen molar-refractivity contribution in [1.29, 1.82) is 0 Å². The van der Waals surface area contributed by atoms with Gasteiger partial charge in [0.05, 0.1) is 3.79 Å². The number of thiophene rings is 1. The molecule has 1 nitrogen and oxygen atoms in total. The van der Waals surface area contributed by atoms with Gasteiger partial charge in [-0.1, -0.05) is 30.3 Å². The van der Waals surface area contributed by atoms with Gasteiger partial charge in [0.2, 0.25) is 0 Å². The Morgan fingerprint density at radius 3 is 2.67 bits per heavy atom. The van der Waals surface area contributed by atoms with E-state index in [1.807, 2.05) is 24.3 Å². The smallest absolute Gasteiger partial charge is 0.121 e. The standard InChI is InChI=1S/C15H11BrOS/c16-15-8-12-6-7-13(9-14(12)18-15)17-10-11-4-2-1-3-5-11/h1-9H,10H2. The normalized spacial score (nSPS) is 10.7. The minimum Gasteiger partial charge on any atom is -0.489 e. The predicted molar refractivity (Wildman–Crippen MR) is 80.3 cm³/mol. The number of rotatable bonds is 3. The molecule has 90 valence electrons. The fourth-order valence-electron chi connectivity index (χ4n) is 1.81. The number of ether oxygens (including phenoxy) is 1. The maximum atomic E-state index is 5.80. The quantitative estimate of drug-likeness (QED) is 0.641. The molecule has 0 radical (unpaired) electrons. The highest BCUT2D eigenvalue weighted by Gasteiger charge is 2.02. The average Bonchev–Trinajstić information content (AvgIpc) is 2.77. The zero-order valence-corrected chi connectivity index (χ0v) is 12.0. The van der Waals surface area contributed by atoms with E-state index in [9.17, 15) is 0 Å². The molecule has 18 heavy (non-hydrogen) atoms. The van der Waals surface area contributed by atoms with Crippen molar-refractivity contribution in [3.8, 4) is 5.75 Å². The number of hydrogen-bond donors (Lipinski definition) is 0. The fourth-order valence-corrected chi connectivity index (χ4v) is 3.40. The van der Waals surface area contributed by atoms with Crippen LogP contribution in [0.2, 0.25) is 0 Å². The Morgan fingerprint density at radius 1 is 1.00 bits per heavy atom. The lowest BCUT2D eigenvalue weighted by atomic mass is 10.2. The molecule has 0 atom stereocenters. The third-order valence-electron chi connectivity index (χ3n) is 2.71. The Labute approximate surface area is 118 Å². The molecular formula is C15H11BrOS. The zero-order valence-electron chi connectivity index (χ0n) is 9.60. The summed E-state index contributed by atoms with van der Waals surface area (Å²) < 4.78 is 8.19. The molecule has 3 heteroatoms. The van der Waals surface area contributed by atoms with Crippen molar-refractivity contribution in [3.05, 3.63) is 63.9 Å². The van der Waals surface area contributed by atoms with Gasteiger partial charge >= 0.3 is 0 Å². The first kappa shape index (κ1) is 11.8.